The standard InChI is InChI=1S/C26H32BrN5O6/c1-26(2,3)16-4-14(5-17(27)8-16)21(24(37)38)13-32(22(35)10-28)23(36)15-6-18(9-19(33)7-15)31-25-29-11-20(34)12-30-25/h4-9,20-21,33-34H,10-13,28H2,1-3H3,(H,37,38)(H2,29,30,31)/t21-/m1/s1. The highest BCUT2D eigenvalue weighted by atomic mass is 79.9. The summed E-state index contributed by atoms with van der Waals surface area (Å²) >= 11 is 3.43. The van der Waals surface area contributed by atoms with Crippen molar-refractivity contribution < 1.29 is 29.7 Å². The van der Waals surface area contributed by atoms with Crippen molar-refractivity contribution in [2.75, 3.05) is 31.5 Å². The summed E-state index contributed by atoms with van der Waals surface area (Å²) < 4.78 is 0.671. The first-order valence-electron chi connectivity index (χ1n) is 11.9. The fraction of sp³-hybridized carbons (Fsp3) is 0.385. The molecule has 2 amide bonds. The Morgan fingerprint density at radius 3 is 2.50 bits per heavy atom. The number of carbonyl (C=O) groups excluding carboxylic acids is 2. The minimum Gasteiger partial charge on any atom is -0.508 e. The first-order chi connectivity index (χ1) is 17.8. The summed E-state index contributed by atoms with van der Waals surface area (Å²) in [6.07, 6.45) is -0.621. The number of phenolic OH excluding ortho intramolecular Hbond substituents is 1. The summed E-state index contributed by atoms with van der Waals surface area (Å²) in [7, 11) is 0. The lowest BCUT2D eigenvalue weighted by molar-refractivity contribution is -0.139. The van der Waals surface area contributed by atoms with Crippen LogP contribution in [0.1, 0.15) is 48.2 Å². The number of phenols is 1. The molecule has 0 fully saturated rings. The zero-order chi connectivity index (χ0) is 28.2. The lowest BCUT2D eigenvalue weighted by Gasteiger charge is -2.26. The van der Waals surface area contributed by atoms with Crippen molar-refractivity contribution in [1.82, 2.24) is 10.2 Å². The van der Waals surface area contributed by atoms with Gasteiger partial charge in [-0.1, -0.05) is 42.8 Å². The number of carboxylic acid groups (broad SMARTS) is 1. The van der Waals surface area contributed by atoms with Crippen LogP contribution in [0.15, 0.2) is 45.9 Å². The number of aliphatic carboxylic acids is 1. The number of imide groups is 1. The number of carboxylic acids is 1. The Kier molecular flexibility index (Phi) is 9.13. The Balaban J connectivity index is 1.95. The number of aliphatic hydroxyl groups is 1. The molecule has 12 heteroatoms. The Hall–Kier alpha value is -3.48. The van der Waals surface area contributed by atoms with Gasteiger partial charge in [-0.3, -0.25) is 24.3 Å². The third-order valence-electron chi connectivity index (χ3n) is 5.97. The quantitative estimate of drug-likeness (QED) is 0.281. The van der Waals surface area contributed by atoms with E-state index in [0.29, 0.717) is 21.7 Å². The van der Waals surface area contributed by atoms with Crippen LogP contribution in [-0.2, 0) is 15.0 Å². The van der Waals surface area contributed by atoms with Gasteiger partial charge in [0.15, 0.2) is 5.96 Å². The molecule has 0 saturated carbocycles. The molecule has 38 heavy (non-hydrogen) atoms. The van der Waals surface area contributed by atoms with Gasteiger partial charge in [-0.2, -0.15) is 0 Å². The second-order valence-corrected chi connectivity index (χ2v) is 11.0. The summed E-state index contributed by atoms with van der Waals surface area (Å²) in [5.41, 5.74) is 6.84. The van der Waals surface area contributed by atoms with Crippen LogP contribution in [0.3, 0.4) is 0 Å². The van der Waals surface area contributed by atoms with E-state index in [1.807, 2.05) is 26.8 Å². The number of β-amino-alcohol motifs (C(OH)–C–C–N with tert-alkyl or cyclic N) is 1. The zero-order valence-corrected chi connectivity index (χ0v) is 22.9. The molecule has 1 unspecified atom stereocenters. The number of aliphatic imine (C=N–C) groups is 1. The van der Waals surface area contributed by atoms with E-state index in [0.717, 1.165) is 10.5 Å². The van der Waals surface area contributed by atoms with Gasteiger partial charge in [0, 0.05) is 34.9 Å². The number of aromatic hydroxyl groups is 1. The number of aliphatic hydroxyl groups excluding tert-OH is 1. The molecule has 1 heterocycles. The Bertz CT molecular complexity index is 1260. The molecule has 1 aliphatic heterocycles. The normalized spacial score (nSPS) is 16.2. The molecule has 0 spiro atoms. The number of amides is 2. The van der Waals surface area contributed by atoms with Crippen molar-refractivity contribution in [1.29, 1.82) is 0 Å². The van der Waals surface area contributed by atoms with E-state index in [9.17, 15) is 29.7 Å². The van der Waals surface area contributed by atoms with Crippen molar-refractivity contribution in [3.05, 3.63) is 57.6 Å². The van der Waals surface area contributed by atoms with Gasteiger partial charge < -0.3 is 31.7 Å². The molecule has 2 aromatic rings. The number of carbonyl (C=O) groups is 3. The highest BCUT2D eigenvalue weighted by Crippen LogP contribution is 2.31. The second kappa shape index (κ2) is 11.9. The first-order valence-corrected chi connectivity index (χ1v) is 12.7. The minimum atomic E-state index is -1.23. The van der Waals surface area contributed by atoms with E-state index in [1.54, 1.807) is 12.1 Å². The minimum absolute atomic E-state index is 0.0560. The van der Waals surface area contributed by atoms with Crippen LogP contribution in [0.25, 0.3) is 0 Å². The lowest BCUT2D eigenvalue weighted by Crippen LogP contribution is -2.44. The van der Waals surface area contributed by atoms with Crippen LogP contribution < -0.4 is 16.4 Å². The molecule has 0 radical (unpaired) electrons. The van der Waals surface area contributed by atoms with E-state index in [2.05, 4.69) is 31.6 Å². The van der Waals surface area contributed by atoms with Crippen molar-refractivity contribution in [2.45, 2.75) is 38.2 Å². The van der Waals surface area contributed by atoms with Gasteiger partial charge >= 0.3 is 5.97 Å². The first kappa shape index (κ1) is 29.1. The summed E-state index contributed by atoms with van der Waals surface area (Å²) in [5, 5.41) is 35.7. The molecular weight excluding hydrogens is 558 g/mol. The SMILES string of the molecule is CC(C)(C)c1cc(Br)cc([C@@H](CN(C(=O)CN)C(=O)c2cc(O)cc(NC3=NCC(O)CN3)c2)C(=O)O)c1. The number of nitrogens with zero attached hydrogens (tertiary/aromatic N) is 2. The van der Waals surface area contributed by atoms with E-state index < -0.39 is 42.9 Å². The van der Waals surface area contributed by atoms with E-state index >= 15 is 0 Å². The Labute approximate surface area is 228 Å². The third kappa shape index (κ3) is 7.30. The number of hydrogen-bond donors (Lipinski definition) is 6. The molecule has 0 aromatic heterocycles. The predicted molar refractivity (Wildman–Crippen MR) is 146 cm³/mol. The number of halogens is 1. The summed E-state index contributed by atoms with van der Waals surface area (Å²) in [5.74, 6) is -3.94. The van der Waals surface area contributed by atoms with E-state index in [1.165, 1.54) is 18.2 Å². The van der Waals surface area contributed by atoms with Gasteiger partial charge in [-0.15, -0.1) is 0 Å². The summed E-state index contributed by atoms with van der Waals surface area (Å²) in [6.45, 7) is 5.45. The largest absolute Gasteiger partial charge is 0.508 e. The molecule has 11 nitrogen and oxygen atoms in total. The number of nitrogens with one attached hydrogen (secondary N) is 2. The van der Waals surface area contributed by atoms with Crippen LogP contribution in [0.2, 0.25) is 0 Å². The lowest BCUT2D eigenvalue weighted by atomic mass is 9.84. The molecule has 2 aromatic carbocycles. The molecule has 0 aliphatic carbocycles. The van der Waals surface area contributed by atoms with Crippen molar-refractivity contribution in [3.63, 3.8) is 0 Å². The molecular formula is C26H32BrN5O6. The van der Waals surface area contributed by atoms with Crippen molar-refractivity contribution in [3.8, 4) is 5.75 Å². The number of guanidine groups is 1. The Morgan fingerprint density at radius 2 is 1.92 bits per heavy atom. The maximum atomic E-state index is 13.5. The van der Waals surface area contributed by atoms with Gasteiger partial charge in [0.25, 0.3) is 5.91 Å². The second-order valence-electron chi connectivity index (χ2n) is 10.0. The molecule has 1 aliphatic rings. The molecule has 0 bridgehead atoms. The fourth-order valence-electron chi connectivity index (χ4n) is 3.88. The number of anilines is 1. The van der Waals surface area contributed by atoms with Crippen LogP contribution in [-0.4, -0.2) is 76.2 Å². The molecule has 0 saturated heterocycles. The smallest absolute Gasteiger partial charge is 0.312 e. The average Bonchev–Trinajstić information content (AvgIpc) is 2.83. The third-order valence-corrected chi connectivity index (χ3v) is 6.42. The predicted octanol–water partition coefficient (Wildman–Crippen LogP) is 1.98. The summed E-state index contributed by atoms with van der Waals surface area (Å²) in [4.78, 5) is 43.5. The number of hydrogen-bond acceptors (Lipinski definition) is 9. The van der Waals surface area contributed by atoms with Crippen LogP contribution >= 0.6 is 15.9 Å². The maximum absolute atomic E-state index is 13.5. The van der Waals surface area contributed by atoms with Crippen molar-refractivity contribution in [2.24, 2.45) is 10.7 Å². The average molecular weight is 590 g/mol. The maximum Gasteiger partial charge on any atom is 0.312 e. The van der Waals surface area contributed by atoms with Gasteiger partial charge in [-0.25, -0.2) is 0 Å². The topological polar surface area (TPSA) is 178 Å². The van der Waals surface area contributed by atoms with Gasteiger partial charge in [0.1, 0.15) is 5.75 Å². The molecule has 7 N–H and O–H groups in total. The Morgan fingerprint density at radius 1 is 1.21 bits per heavy atom. The van der Waals surface area contributed by atoms with Gasteiger partial charge in [0.2, 0.25) is 5.91 Å². The highest BCUT2D eigenvalue weighted by molar-refractivity contribution is 9.10. The van der Waals surface area contributed by atoms with Crippen LogP contribution in [0.4, 0.5) is 5.69 Å². The molecule has 3 rings (SSSR count). The molecule has 204 valence electrons. The van der Waals surface area contributed by atoms with Crippen molar-refractivity contribution >= 4 is 45.4 Å². The monoisotopic (exact) mass is 589 g/mol. The summed E-state index contributed by atoms with van der Waals surface area (Å²) in [6, 6.07) is 9.23. The van der Waals surface area contributed by atoms with Gasteiger partial charge in [0.05, 0.1) is 25.1 Å². The van der Waals surface area contributed by atoms with Gasteiger partial charge in [-0.05, 0) is 40.8 Å². The number of rotatable bonds is 7. The fourth-order valence-corrected chi connectivity index (χ4v) is 4.39. The zero-order valence-electron chi connectivity index (χ0n) is 21.4. The van der Waals surface area contributed by atoms with Crippen LogP contribution in [0, 0.1) is 0 Å². The molecule has 2 atom stereocenters. The van der Waals surface area contributed by atoms with E-state index in [4.69, 9.17) is 5.73 Å². The number of benzene rings is 2. The van der Waals surface area contributed by atoms with Crippen LogP contribution in [0.5, 0.6) is 5.75 Å². The van der Waals surface area contributed by atoms with E-state index in [-0.39, 0.29) is 29.8 Å². The highest BCUT2D eigenvalue weighted by Gasteiger charge is 2.31. The number of nitrogens with two attached hydrogens (primary N) is 1.